The van der Waals surface area contributed by atoms with Crippen LogP contribution in [-0.4, -0.2) is 5.84 Å². The van der Waals surface area contributed by atoms with Gasteiger partial charge >= 0.3 is 0 Å². The molecule has 0 bridgehead atoms. The van der Waals surface area contributed by atoms with E-state index in [4.69, 9.17) is 17.3 Å². The summed E-state index contributed by atoms with van der Waals surface area (Å²) in [5.41, 5.74) is 10.1. The first kappa shape index (κ1) is 14.4. The molecule has 0 saturated carbocycles. The van der Waals surface area contributed by atoms with Gasteiger partial charge in [0, 0.05) is 10.6 Å². The summed E-state index contributed by atoms with van der Waals surface area (Å²) in [7, 11) is 0. The summed E-state index contributed by atoms with van der Waals surface area (Å²) < 4.78 is 0. The van der Waals surface area contributed by atoms with Gasteiger partial charge in [-0.3, -0.25) is 0 Å². The van der Waals surface area contributed by atoms with Gasteiger partial charge < -0.3 is 5.73 Å². The van der Waals surface area contributed by atoms with E-state index in [1.165, 1.54) is 5.56 Å². The second-order valence-corrected chi connectivity index (χ2v) is 5.35. The highest BCUT2D eigenvalue weighted by Crippen LogP contribution is 2.20. The summed E-state index contributed by atoms with van der Waals surface area (Å²) in [6.45, 7) is 0. The molecule has 2 nitrogen and oxygen atoms in total. The lowest BCUT2D eigenvalue weighted by atomic mass is 10.0. The molecule has 0 amide bonds. The number of aliphatic imine (C=N–C) groups is 1. The van der Waals surface area contributed by atoms with Gasteiger partial charge in [0.05, 0.1) is 5.69 Å². The third-order valence-electron chi connectivity index (χ3n) is 3.36. The van der Waals surface area contributed by atoms with E-state index >= 15 is 0 Å². The predicted molar refractivity (Wildman–Crippen MR) is 93.7 cm³/mol. The summed E-state index contributed by atoms with van der Waals surface area (Å²) in [6, 6.07) is 25.6. The quantitative estimate of drug-likeness (QED) is 0.534. The van der Waals surface area contributed by atoms with Crippen LogP contribution in [0.1, 0.15) is 5.56 Å². The molecular weight excluding hydrogens is 292 g/mol. The molecule has 3 rings (SSSR count). The van der Waals surface area contributed by atoms with Crippen LogP contribution in [0.2, 0.25) is 5.02 Å². The summed E-state index contributed by atoms with van der Waals surface area (Å²) in [4.78, 5) is 4.41. The molecule has 0 aliphatic heterocycles. The van der Waals surface area contributed by atoms with Gasteiger partial charge in [-0.1, -0.05) is 66.2 Å². The molecule has 2 N–H and O–H groups in total. The van der Waals surface area contributed by atoms with E-state index in [0.29, 0.717) is 10.9 Å². The lowest BCUT2D eigenvalue weighted by molar-refractivity contribution is 1.45. The van der Waals surface area contributed by atoms with Gasteiger partial charge in [-0.15, -0.1) is 0 Å². The van der Waals surface area contributed by atoms with Crippen LogP contribution >= 0.6 is 11.6 Å². The average Bonchev–Trinajstić information content (AvgIpc) is 2.58. The van der Waals surface area contributed by atoms with E-state index in [2.05, 4.69) is 29.3 Å². The van der Waals surface area contributed by atoms with Crippen molar-refractivity contribution in [2.24, 2.45) is 10.7 Å². The number of nitrogens with two attached hydrogens (primary N) is 1. The van der Waals surface area contributed by atoms with E-state index in [1.54, 1.807) is 12.1 Å². The Hall–Kier alpha value is -2.58. The summed E-state index contributed by atoms with van der Waals surface area (Å²) in [5.74, 6) is 0.488. The number of nitrogens with zero attached hydrogens (tertiary/aromatic N) is 1. The number of rotatable bonds is 3. The van der Waals surface area contributed by atoms with Gasteiger partial charge in [0.15, 0.2) is 0 Å². The molecular formula is C19H15ClN2. The maximum atomic E-state index is 6.07. The van der Waals surface area contributed by atoms with Crippen molar-refractivity contribution in [2.75, 3.05) is 0 Å². The van der Waals surface area contributed by atoms with Crippen molar-refractivity contribution < 1.29 is 0 Å². The monoisotopic (exact) mass is 306 g/mol. The third kappa shape index (κ3) is 3.35. The standard InChI is InChI=1S/C19H15ClN2/c20-17-10-12-18(13-11-17)22-19(21)16-8-6-15(7-9-16)14-4-2-1-3-5-14/h1-13H,(H2,21,22). The molecule has 0 unspecified atom stereocenters. The molecule has 108 valence electrons. The van der Waals surface area contributed by atoms with Crippen molar-refractivity contribution in [3.63, 3.8) is 0 Å². The van der Waals surface area contributed by atoms with E-state index in [0.717, 1.165) is 16.8 Å². The number of benzene rings is 3. The summed E-state index contributed by atoms with van der Waals surface area (Å²) in [5, 5.41) is 0.685. The fourth-order valence-corrected chi connectivity index (χ4v) is 2.31. The van der Waals surface area contributed by atoms with Crippen molar-refractivity contribution in [3.8, 4) is 11.1 Å². The van der Waals surface area contributed by atoms with Gasteiger partial charge in [0.1, 0.15) is 5.84 Å². The molecule has 3 aromatic carbocycles. The summed E-state index contributed by atoms with van der Waals surface area (Å²) in [6.07, 6.45) is 0. The Morgan fingerprint density at radius 2 is 1.32 bits per heavy atom. The van der Waals surface area contributed by atoms with E-state index in [9.17, 15) is 0 Å². The first-order valence-electron chi connectivity index (χ1n) is 6.98. The second-order valence-electron chi connectivity index (χ2n) is 4.92. The number of amidine groups is 1. The molecule has 0 saturated heterocycles. The highest BCUT2D eigenvalue weighted by Gasteiger charge is 2.01. The number of halogens is 1. The van der Waals surface area contributed by atoms with Gasteiger partial charge in [-0.25, -0.2) is 4.99 Å². The Balaban J connectivity index is 1.84. The molecule has 22 heavy (non-hydrogen) atoms. The Bertz CT molecular complexity index is 776. The van der Waals surface area contributed by atoms with Gasteiger partial charge in [-0.2, -0.15) is 0 Å². The minimum absolute atomic E-state index is 0.488. The zero-order chi connectivity index (χ0) is 15.4. The Morgan fingerprint density at radius 1 is 0.727 bits per heavy atom. The van der Waals surface area contributed by atoms with Gasteiger partial charge in [0.25, 0.3) is 0 Å². The molecule has 0 aliphatic carbocycles. The zero-order valence-corrected chi connectivity index (χ0v) is 12.7. The van der Waals surface area contributed by atoms with Crippen LogP contribution in [0.5, 0.6) is 0 Å². The number of hydrogen-bond acceptors (Lipinski definition) is 1. The molecule has 0 atom stereocenters. The molecule has 0 aromatic heterocycles. The minimum Gasteiger partial charge on any atom is -0.383 e. The zero-order valence-electron chi connectivity index (χ0n) is 11.9. The Kier molecular flexibility index (Phi) is 4.22. The first-order chi connectivity index (χ1) is 10.7. The summed E-state index contributed by atoms with van der Waals surface area (Å²) >= 11 is 5.86. The van der Waals surface area contributed by atoms with Crippen LogP contribution in [0, 0.1) is 0 Å². The molecule has 0 heterocycles. The molecule has 3 heteroatoms. The van der Waals surface area contributed by atoms with Gasteiger partial charge in [0.2, 0.25) is 0 Å². The normalized spacial score (nSPS) is 11.4. The number of hydrogen-bond donors (Lipinski definition) is 1. The van der Waals surface area contributed by atoms with E-state index in [-0.39, 0.29) is 0 Å². The van der Waals surface area contributed by atoms with Crippen LogP contribution in [0.25, 0.3) is 11.1 Å². The maximum absolute atomic E-state index is 6.07. The van der Waals surface area contributed by atoms with E-state index in [1.807, 2.05) is 42.5 Å². The van der Waals surface area contributed by atoms with Crippen LogP contribution in [0.3, 0.4) is 0 Å². The van der Waals surface area contributed by atoms with Gasteiger partial charge in [-0.05, 0) is 35.4 Å². The minimum atomic E-state index is 0.488. The van der Waals surface area contributed by atoms with Crippen LogP contribution in [0.15, 0.2) is 83.9 Å². The van der Waals surface area contributed by atoms with Crippen molar-refractivity contribution in [2.45, 2.75) is 0 Å². The van der Waals surface area contributed by atoms with Crippen LogP contribution in [-0.2, 0) is 0 Å². The molecule has 0 fully saturated rings. The van der Waals surface area contributed by atoms with Crippen LogP contribution < -0.4 is 5.73 Å². The van der Waals surface area contributed by atoms with E-state index < -0.39 is 0 Å². The lowest BCUT2D eigenvalue weighted by Gasteiger charge is -2.05. The highest BCUT2D eigenvalue weighted by atomic mass is 35.5. The average molecular weight is 307 g/mol. The fourth-order valence-electron chi connectivity index (χ4n) is 2.18. The van der Waals surface area contributed by atoms with Crippen molar-refractivity contribution in [1.82, 2.24) is 0 Å². The molecule has 0 aliphatic rings. The maximum Gasteiger partial charge on any atom is 0.131 e. The fraction of sp³-hybridized carbons (Fsp3) is 0. The Labute approximate surface area is 134 Å². The van der Waals surface area contributed by atoms with Crippen LogP contribution in [0.4, 0.5) is 5.69 Å². The molecule has 0 radical (unpaired) electrons. The smallest absolute Gasteiger partial charge is 0.131 e. The largest absolute Gasteiger partial charge is 0.383 e. The van der Waals surface area contributed by atoms with Crippen molar-refractivity contribution >= 4 is 23.1 Å². The Morgan fingerprint density at radius 3 is 1.95 bits per heavy atom. The SMILES string of the molecule is NC(=Nc1ccc(Cl)cc1)c1ccc(-c2ccccc2)cc1. The molecule has 0 spiro atoms. The first-order valence-corrected chi connectivity index (χ1v) is 7.36. The third-order valence-corrected chi connectivity index (χ3v) is 3.62. The topological polar surface area (TPSA) is 38.4 Å². The second kappa shape index (κ2) is 6.46. The van der Waals surface area contributed by atoms with Crippen molar-refractivity contribution in [3.05, 3.63) is 89.4 Å². The lowest BCUT2D eigenvalue weighted by Crippen LogP contribution is -2.12. The van der Waals surface area contributed by atoms with Crippen molar-refractivity contribution in [1.29, 1.82) is 0 Å². The molecule has 3 aromatic rings. The highest BCUT2D eigenvalue weighted by molar-refractivity contribution is 6.30. The predicted octanol–water partition coefficient (Wildman–Crippen LogP) is 5.04.